The van der Waals surface area contributed by atoms with Gasteiger partial charge in [-0.1, -0.05) is 99.6 Å². The number of carbonyl (C=O) groups is 1. The van der Waals surface area contributed by atoms with Gasteiger partial charge in [0.25, 0.3) is 0 Å². The molecule has 0 radical (unpaired) electrons. The maximum atomic E-state index is 13.1. The minimum absolute atomic E-state index is 0.000609. The fourth-order valence-corrected chi connectivity index (χ4v) is 4.04. The van der Waals surface area contributed by atoms with Crippen LogP contribution < -0.4 is 5.32 Å². The van der Waals surface area contributed by atoms with E-state index in [1.165, 1.54) is 5.56 Å². The van der Waals surface area contributed by atoms with Crippen LogP contribution in [0.1, 0.15) is 101 Å². The van der Waals surface area contributed by atoms with Crippen molar-refractivity contribution in [1.82, 2.24) is 5.32 Å². The second-order valence-electron chi connectivity index (χ2n) is 11.0. The number of carbonyl (C=O) groups excluding carboxylic acids is 1. The van der Waals surface area contributed by atoms with Crippen LogP contribution >= 0.6 is 0 Å². The molecule has 1 aromatic rings. The number of amides is 1. The molecule has 0 atom stereocenters. The maximum Gasteiger partial charge on any atom is 0.226 e. The summed E-state index contributed by atoms with van der Waals surface area (Å²) in [5, 5.41) is 3.34. The van der Waals surface area contributed by atoms with E-state index in [4.69, 9.17) is 0 Å². The molecule has 28 heavy (non-hydrogen) atoms. The molecule has 0 aliphatic rings. The van der Waals surface area contributed by atoms with Gasteiger partial charge in [0.2, 0.25) is 5.91 Å². The van der Waals surface area contributed by atoms with Crippen LogP contribution in [0, 0.1) is 16.7 Å². The van der Waals surface area contributed by atoms with Crippen molar-refractivity contribution in [2.24, 2.45) is 16.7 Å². The van der Waals surface area contributed by atoms with Crippen LogP contribution in [0.2, 0.25) is 0 Å². The Labute approximate surface area is 175 Å². The van der Waals surface area contributed by atoms with Crippen molar-refractivity contribution in [2.75, 3.05) is 0 Å². The van der Waals surface area contributed by atoms with E-state index < -0.39 is 0 Å². The molecule has 0 fully saturated rings. The van der Waals surface area contributed by atoms with Crippen LogP contribution in [0.4, 0.5) is 0 Å². The van der Waals surface area contributed by atoms with E-state index in [1.807, 2.05) is 19.9 Å². The lowest BCUT2D eigenvalue weighted by Crippen LogP contribution is -2.52. The molecule has 0 bridgehead atoms. The molecule has 2 heteroatoms. The topological polar surface area (TPSA) is 29.1 Å². The molecule has 2 nitrogen and oxygen atoms in total. The van der Waals surface area contributed by atoms with E-state index >= 15 is 0 Å². The van der Waals surface area contributed by atoms with Crippen LogP contribution in [-0.2, 0) is 10.2 Å². The molecule has 0 saturated heterocycles. The minimum atomic E-state index is -0.387. The number of benzene rings is 1. The molecule has 0 saturated carbocycles. The van der Waals surface area contributed by atoms with Gasteiger partial charge in [-0.25, -0.2) is 0 Å². The van der Waals surface area contributed by atoms with Crippen molar-refractivity contribution in [2.45, 2.75) is 107 Å². The highest BCUT2D eigenvalue weighted by Crippen LogP contribution is 2.40. The van der Waals surface area contributed by atoms with E-state index in [-0.39, 0.29) is 27.7 Å². The Hall–Kier alpha value is -1.31. The monoisotopic (exact) mass is 389 g/mol. The Morgan fingerprint density at radius 1 is 0.857 bits per heavy atom. The Morgan fingerprint density at radius 2 is 1.32 bits per heavy atom. The number of nitrogens with one attached hydrogen (secondary N) is 1. The summed E-state index contributed by atoms with van der Waals surface area (Å²) in [7, 11) is 0. The summed E-state index contributed by atoms with van der Waals surface area (Å²) < 4.78 is 0. The molecule has 1 amide bonds. The quantitative estimate of drug-likeness (QED) is 0.494. The van der Waals surface area contributed by atoms with Crippen molar-refractivity contribution < 1.29 is 4.79 Å². The molecule has 0 aliphatic heterocycles. The van der Waals surface area contributed by atoms with Crippen LogP contribution in [0.3, 0.4) is 0 Å². The van der Waals surface area contributed by atoms with Gasteiger partial charge < -0.3 is 5.32 Å². The molecular weight excluding hydrogens is 342 g/mol. The molecule has 1 aromatic carbocycles. The summed E-state index contributed by atoms with van der Waals surface area (Å²) in [5.74, 6) is 0.694. The molecular formula is C26H47NO. The predicted octanol–water partition coefficient (Wildman–Crippen LogP) is 7.37. The lowest BCUT2D eigenvalue weighted by molar-refractivity contribution is -0.133. The first-order valence-corrected chi connectivity index (χ1v) is 11.0. The van der Waals surface area contributed by atoms with E-state index in [0.29, 0.717) is 5.92 Å². The minimum Gasteiger partial charge on any atom is -0.351 e. The standard InChI is InChI=1S/C24H41NO.C2H6/c1-18(2)21(3,4)16-23(7,8)20(26)25-24(9,10)17-22(5,6)19-14-12-11-13-15-19;1-2/h11-15,18H,16-17H2,1-10H3,(H,25,26);1-2H3. The summed E-state index contributed by atoms with van der Waals surface area (Å²) in [6, 6.07) is 10.6. The molecule has 0 aromatic heterocycles. The van der Waals surface area contributed by atoms with Gasteiger partial charge in [0, 0.05) is 11.0 Å². The molecule has 162 valence electrons. The second kappa shape index (κ2) is 9.94. The summed E-state index contributed by atoms with van der Waals surface area (Å²) >= 11 is 0. The summed E-state index contributed by atoms with van der Waals surface area (Å²) in [6.07, 6.45) is 1.76. The van der Waals surface area contributed by atoms with Crippen LogP contribution in [-0.4, -0.2) is 11.4 Å². The Bertz CT molecular complexity index is 594. The fraction of sp³-hybridized carbons (Fsp3) is 0.731. The Morgan fingerprint density at radius 3 is 1.75 bits per heavy atom. The van der Waals surface area contributed by atoms with Gasteiger partial charge in [0.15, 0.2) is 0 Å². The molecule has 1 rings (SSSR count). The molecule has 0 unspecified atom stereocenters. The first-order chi connectivity index (χ1) is 12.6. The Balaban J connectivity index is 0.00000352. The van der Waals surface area contributed by atoms with E-state index in [2.05, 4.69) is 98.8 Å². The first kappa shape index (κ1) is 26.7. The highest BCUT2D eigenvalue weighted by molar-refractivity contribution is 5.82. The fourth-order valence-electron chi connectivity index (χ4n) is 4.04. The van der Waals surface area contributed by atoms with E-state index in [0.717, 1.165) is 12.8 Å². The van der Waals surface area contributed by atoms with Crippen LogP contribution in [0.5, 0.6) is 0 Å². The van der Waals surface area contributed by atoms with Crippen molar-refractivity contribution in [1.29, 1.82) is 0 Å². The lowest BCUT2D eigenvalue weighted by atomic mass is 9.68. The Kier molecular flexibility index (Phi) is 9.48. The number of rotatable bonds is 8. The average molecular weight is 390 g/mol. The van der Waals surface area contributed by atoms with Gasteiger partial charge >= 0.3 is 0 Å². The SMILES string of the molecule is CC.CC(C)C(C)(C)CC(C)(C)C(=O)NC(C)(C)CC(C)(C)c1ccccc1. The molecule has 0 spiro atoms. The zero-order valence-corrected chi connectivity index (χ0v) is 20.8. The predicted molar refractivity (Wildman–Crippen MR) is 125 cm³/mol. The lowest BCUT2D eigenvalue weighted by Gasteiger charge is -2.41. The van der Waals surface area contributed by atoms with E-state index in [9.17, 15) is 4.79 Å². The van der Waals surface area contributed by atoms with Crippen molar-refractivity contribution in [3.8, 4) is 0 Å². The first-order valence-electron chi connectivity index (χ1n) is 11.0. The van der Waals surface area contributed by atoms with Gasteiger partial charge in [-0.15, -0.1) is 0 Å². The normalized spacial score (nSPS) is 13.0. The zero-order valence-electron chi connectivity index (χ0n) is 20.8. The average Bonchev–Trinajstić information content (AvgIpc) is 2.55. The summed E-state index contributed by atoms with van der Waals surface area (Å²) in [4.78, 5) is 13.1. The van der Waals surface area contributed by atoms with Gasteiger partial charge in [0.1, 0.15) is 0 Å². The van der Waals surface area contributed by atoms with Crippen molar-refractivity contribution in [3.63, 3.8) is 0 Å². The van der Waals surface area contributed by atoms with Gasteiger partial charge in [0.05, 0.1) is 0 Å². The van der Waals surface area contributed by atoms with Gasteiger partial charge in [-0.3, -0.25) is 4.79 Å². The highest BCUT2D eigenvalue weighted by Gasteiger charge is 2.39. The van der Waals surface area contributed by atoms with Crippen LogP contribution in [0.25, 0.3) is 0 Å². The summed E-state index contributed by atoms with van der Waals surface area (Å²) in [6.45, 7) is 25.9. The van der Waals surface area contributed by atoms with Gasteiger partial charge in [-0.05, 0) is 49.0 Å². The third-order valence-corrected chi connectivity index (χ3v) is 5.97. The number of hydrogen-bond donors (Lipinski definition) is 1. The largest absolute Gasteiger partial charge is 0.351 e. The van der Waals surface area contributed by atoms with Gasteiger partial charge in [-0.2, -0.15) is 0 Å². The van der Waals surface area contributed by atoms with Crippen molar-refractivity contribution in [3.05, 3.63) is 35.9 Å². The third kappa shape index (κ3) is 7.97. The van der Waals surface area contributed by atoms with Crippen molar-refractivity contribution >= 4 is 5.91 Å². The third-order valence-electron chi connectivity index (χ3n) is 5.97. The van der Waals surface area contributed by atoms with Crippen LogP contribution in [0.15, 0.2) is 30.3 Å². The zero-order chi connectivity index (χ0) is 22.4. The molecule has 0 aliphatic carbocycles. The smallest absolute Gasteiger partial charge is 0.226 e. The molecule has 1 N–H and O–H groups in total. The molecule has 0 heterocycles. The summed E-state index contributed by atoms with van der Waals surface area (Å²) in [5.41, 5.74) is 0.785. The number of hydrogen-bond acceptors (Lipinski definition) is 1. The highest BCUT2D eigenvalue weighted by atomic mass is 16.2. The second-order valence-corrected chi connectivity index (χ2v) is 11.0. The van der Waals surface area contributed by atoms with E-state index in [1.54, 1.807) is 0 Å². The maximum absolute atomic E-state index is 13.1.